The molecule has 1 amide bonds. The minimum Gasteiger partial charge on any atom is -0.481 e. The van der Waals surface area contributed by atoms with Gasteiger partial charge in [-0.15, -0.1) is 0 Å². The van der Waals surface area contributed by atoms with Crippen molar-refractivity contribution in [1.82, 2.24) is 0 Å². The molecule has 0 spiro atoms. The van der Waals surface area contributed by atoms with Gasteiger partial charge in [-0.3, -0.25) is 9.59 Å². The van der Waals surface area contributed by atoms with Gasteiger partial charge in [-0.2, -0.15) is 5.26 Å². The highest BCUT2D eigenvalue weighted by molar-refractivity contribution is 8.14. The Labute approximate surface area is 103 Å². The first-order valence-corrected chi connectivity index (χ1v) is 6.14. The maximum atomic E-state index is 11.3. The first kappa shape index (κ1) is 13.5. The second-order valence-corrected chi connectivity index (χ2v) is 4.50. The summed E-state index contributed by atoms with van der Waals surface area (Å²) in [7, 11) is 0. The molecular formula is C11H12N2O3S. The number of nitrogens with zero attached hydrogens (tertiary/aromatic N) is 2. The lowest BCUT2D eigenvalue weighted by atomic mass is 9.95. The van der Waals surface area contributed by atoms with E-state index in [1.165, 1.54) is 6.08 Å². The van der Waals surface area contributed by atoms with Gasteiger partial charge in [0.15, 0.2) is 0 Å². The van der Waals surface area contributed by atoms with E-state index in [1.807, 2.05) is 6.92 Å². The maximum Gasteiger partial charge on any atom is 0.313 e. The molecule has 1 rings (SSSR count). The largest absolute Gasteiger partial charge is 0.481 e. The summed E-state index contributed by atoms with van der Waals surface area (Å²) in [5.41, 5.74) is 0.725. The van der Waals surface area contributed by atoms with Gasteiger partial charge in [-0.05, 0) is 12.0 Å². The standard InChI is InChI=1S/C11H12N2O3S/c1-2-3-7-4-9(14)13-11(8(7)5-12)17-6-10(15)16/h4,8H,2-3,6H2,1H3,(H,15,16). The van der Waals surface area contributed by atoms with Crippen LogP contribution in [0, 0.1) is 17.2 Å². The van der Waals surface area contributed by atoms with Crippen LogP contribution in [0.4, 0.5) is 0 Å². The van der Waals surface area contributed by atoms with Gasteiger partial charge in [0.05, 0.1) is 16.9 Å². The molecule has 0 bridgehead atoms. The molecule has 0 saturated carbocycles. The SMILES string of the molecule is CCCC1=CC(=O)N=C(SCC(=O)O)C1C#N. The normalized spacial score (nSPS) is 19.3. The number of thioether (sulfide) groups is 1. The Morgan fingerprint density at radius 2 is 2.41 bits per heavy atom. The van der Waals surface area contributed by atoms with E-state index in [-0.39, 0.29) is 5.75 Å². The number of carboxylic acids is 1. The van der Waals surface area contributed by atoms with Crippen LogP contribution in [0.1, 0.15) is 19.8 Å². The molecule has 90 valence electrons. The van der Waals surface area contributed by atoms with Crippen LogP contribution >= 0.6 is 11.8 Å². The Kier molecular flexibility index (Phi) is 4.91. The first-order chi connectivity index (χ1) is 8.08. The zero-order valence-corrected chi connectivity index (χ0v) is 10.2. The number of rotatable bonds is 4. The summed E-state index contributed by atoms with van der Waals surface area (Å²) in [6, 6.07) is 2.07. The third kappa shape index (κ3) is 3.71. The molecule has 5 nitrogen and oxygen atoms in total. The number of aliphatic imine (C=N–C) groups is 1. The van der Waals surface area contributed by atoms with E-state index >= 15 is 0 Å². The Morgan fingerprint density at radius 3 is 2.94 bits per heavy atom. The highest BCUT2D eigenvalue weighted by Gasteiger charge is 2.26. The summed E-state index contributed by atoms with van der Waals surface area (Å²) in [6.45, 7) is 1.95. The lowest BCUT2D eigenvalue weighted by molar-refractivity contribution is -0.133. The monoisotopic (exact) mass is 252 g/mol. The van der Waals surface area contributed by atoms with E-state index in [2.05, 4.69) is 11.1 Å². The average Bonchev–Trinajstić information content (AvgIpc) is 2.26. The molecule has 1 N–H and O–H groups in total. The molecule has 0 aromatic heterocycles. The molecule has 0 aromatic rings. The number of carbonyl (C=O) groups excluding carboxylic acids is 1. The number of dihydropyridines is 1. The van der Waals surface area contributed by atoms with E-state index in [4.69, 9.17) is 10.4 Å². The number of allylic oxidation sites excluding steroid dienone is 1. The van der Waals surface area contributed by atoms with Gasteiger partial charge in [-0.1, -0.05) is 25.1 Å². The number of carboxylic acid groups (broad SMARTS) is 1. The minimum atomic E-state index is -0.992. The average molecular weight is 252 g/mol. The van der Waals surface area contributed by atoms with Gasteiger partial charge in [0.2, 0.25) is 0 Å². The number of amides is 1. The topological polar surface area (TPSA) is 90.5 Å². The molecule has 0 saturated heterocycles. The van der Waals surface area contributed by atoms with E-state index < -0.39 is 17.8 Å². The zero-order valence-electron chi connectivity index (χ0n) is 9.34. The van der Waals surface area contributed by atoms with Gasteiger partial charge in [-0.25, -0.2) is 4.99 Å². The van der Waals surface area contributed by atoms with Crippen molar-refractivity contribution in [2.75, 3.05) is 5.75 Å². The number of aliphatic carboxylic acids is 1. The first-order valence-electron chi connectivity index (χ1n) is 5.15. The van der Waals surface area contributed by atoms with Crippen LogP contribution in [-0.2, 0) is 9.59 Å². The van der Waals surface area contributed by atoms with Gasteiger partial charge in [0.25, 0.3) is 5.91 Å². The lowest BCUT2D eigenvalue weighted by Gasteiger charge is -2.17. The predicted octanol–water partition coefficient (Wildman–Crippen LogP) is 1.61. The Bertz CT molecular complexity index is 434. The van der Waals surface area contributed by atoms with E-state index in [1.54, 1.807) is 0 Å². The van der Waals surface area contributed by atoms with Crippen LogP contribution in [0.15, 0.2) is 16.6 Å². The summed E-state index contributed by atoms with van der Waals surface area (Å²) in [5, 5.41) is 17.9. The van der Waals surface area contributed by atoms with Crippen LogP contribution in [0.25, 0.3) is 0 Å². The van der Waals surface area contributed by atoms with Crippen molar-refractivity contribution in [2.24, 2.45) is 10.9 Å². The van der Waals surface area contributed by atoms with Gasteiger partial charge in [0, 0.05) is 6.08 Å². The second kappa shape index (κ2) is 6.21. The molecule has 1 heterocycles. The fraction of sp³-hybridized carbons (Fsp3) is 0.455. The van der Waals surface area contributed by atoms with Crippen molar-refractivity contribution < 1.29 is 14.7 Å². The molecule has 6 heteroatoms. The highest BCUT2D eigenvalue weighted by atomic mass is 32.2. The molecule has 0 aliphatic carbocycles. The van der Waals surface area contributed by atoms with Crippen LogP contribution in [-0.4, -0.2) is 27.8 Å². The van der Waals surface area contributed by atoms with Crippen molar-refractivity contribution in [3.63, 3.8) is 0 Å². The predicted molar refractivity (Wildman–Crippen MR) is 64.6 cm³/mol. The van der Waals surface area contributed by atoms with Gasteiger partial charge < -0.3 is 5.11 Å². The molecule has 1 atom stereocenters. The molecule has 1 aliphatic rings. The number of hydrogen-bond donors (Lipinski definition) is 1. The number of carbonyl (C=O) groups is 2. The second-order valence-electron chi connectivity index (χ2n) is 3.50. The summed E-state index contributed by atoms with van der Waals surface area (Å²) in [5.74, 6) is -2.16. The minimum absolute atomic E-state index is 0.191. The number of nitriles is 1. The Hall–Kier alpha value is -1.61. The van der Waals surface area contributed by atoms with Crippen molar-refractivity contribution in [2.45, 2.75) is 19.8 Å². The quantitative estimate of drug-likeness (QED) is 0.820. The fourth-order valence-electron chi connectivity index (χ4n) is 1.50. The maximum absolute atomic E-state index is 11.3. The summed E-state index contributed by atoms with van der Waals surface area (Å²) >= 11 is 0.938. The Morgan fingerprint density at radius 1 is 1.71 bits per heavy atom. The molecule has 0 aromatic carbocycles. The molecule has 1 unspecified atom stereocenters. The highest BCUT2D eigenvalue weighted by Crippen LogP contribution is 2.27. The fourth-order valence-corrected chi connectivity index (χ4v) is 2.30. The van der Waals surface area contributed by atoms with Crippen molar-refractivity contribution in [3.05, 3.63) is 11.6 Å². The smallest absolute Gasteiger partial charge is 0.313 e. The number of hydrogen-bond acceptors (Lipinski definition) is 4. The third-order valence-corrected chi connectivity index (χ3v) is 3.17. The van der Waals surface area contributed by atoms with E-state index in [9.17, 15) is 9.59 Å². The molecule has 17 heavy (non-hydrogen) atoms. The van der Waals surface area contributed by atoms with Crippen molar-refractivity contribution in [1.29, 1.82) is 5.26 Å². The molecular weight excluding hydrogens is 240 g/mol. The molecule has 0 fully saturated rings. The lowest BCUT2D eigenvalue weighted by Crippen LogP contribution is -2.20. The summed E-state index contributed by atoms with van der Waals surface area (Å²) < 4.78 is 0. The molecule has 1 aliphatic heterocycles. The summed E-state index contributed by atoms with van der Waals surface area (Å²) in [6.07, 6.45) is 2.85. The van der Waals surface area contributed by atoms with Crippen LogP contribution in [0.2, 0.25) is 0 Å². The van der Waals surface area contributed by atoms with Gasteiger partial charge in [0.1, 0.15) is 5.92 Å². The van der Waals surface area contributed by atoms with Crippen LogP contribution in [0.5, 0.6) is 0 Å². The van der Waals surface area contributed by atoms with Crippen LogP contribution in [0.3, 0.4) is 0 Å². The Balaban J connectivity index is 2.85. The third-order valence-electron chi connectivity index (χ3n) is 2.16. The van der Waals surface area contributed by atoms with Crippen molar-refractivity contribution in [3.8, 4) is 6.07 Å². The summed E-state index contributed by atoms with van der Waals surface area (Å²) in [4.78, 5) is 25.5. The zero-order chi connectivity index (χ0) is 12.8. The van der Waals surface area contributed by atoms with E-state index in [0.717, 1.165) is 23.8 Å². The van der Waals surface area contributed by atoms with E-state index in [0.29, 0.717) is 11.5 Å². The van der Waals surface area contributed by atoms with Gasteiger partial charge >= 0.3 is 5.97 Å². The molecule has 0 radical (unpaired) electrons. The van der Waals surface area contributed by atoms with Crippen LogP contribution < -0.4 is 0 Å². The van der Waals surface area contributed by atoms with Crippen molar-refractivity contribution >= 4 is 28.7 Å².